The molecule has 0 aliphatic heterocycles. The molecule has 0 aliphatic carbocycles. The normalized spacial score (nSPS) is 10.3. The van der Waals surface area contributed by atoms with Crippen LogP contribution in [0.1, 0.15) is 28.4 Å². The maximum atomic E-state index is 11.7. The molecular weight excluding hydrogens is 378 g/mol. The molecule has 0 heterocycles. The van der Waals surface area contributed by atoms with Crippen molar-refractivity contribution < 1.29 is 19.0 Å². The maximum Gasteiger partial charge on any atom is 0.338 e. The van der Waals surface area contributed by atoms with E-state index in [2.05, 4.69) is 17.4 Å². The van der Waals surface area contributed by atoms with Crippen LogP contribution in [0.15, 0.2) is 72.8 Å². The molecule has 0 bridgehead atoms. The fraction of sp³-hybridized carbons (Fsp3) is 0.240. The van der Waals surface area contributed by atoms with Gasteiger partial charge in [0.25, 0.3) is 0 Å². The maximum absolute atomic E-state index is 11.7. The molecule has 0 fully saturated rings. The first-order valence-corrected chi connectivity index (χ1v) is 10.0. The van der Waals surface area contributed by atoms with Crippen LogP contribution in [0.5, 0.6) is 11.5 Å². The third kappa shape index (κ3) is 6.01. The van der Waals surface area contributed by atoms with Crippen molar-refractivity contribution in [1.82, 2.24) is 0 Å². The van der Waals surface area contributed by atoms with E-state index in [0.717, 1.165) is 23.4 Å². The molecule has 3 aromatic carbocycles. The molecule has 5 heteroatoms. The summed E-state index contributed by atoms with van der Waals surface area (Å²) >= 11 is 0. The molecule has 0 aliphatic rings. The zero-order chi connectivity index (χ0) is 21.2. The Labute approximate surface area is 177 Å². The summed E-state index contributed by atoms with van der Waals surface area (Å²) in [7, 11) is 1.64. The van der Waals surface area contributed by atoms with E-state index in [1.54, 1.807) is 26.2 Å². The van der Waals surface area contributed by atoms with Gasteiger partial charge in [0.1, 0.15) is 0 Å². The number of rotatable bonds is 10. The van der Waals surface area contributed by atoms with Gasteiger partial charge in [0.15, 0.2) is 11.5 Å². The molecule has 0 saturated carbocycles. The van der Waals surface area contributed by atoms with E-state index in [0.29, 0.717) is 31.1 Å². The van der Waals surface area contributed by atoms with E-state index >= 15 is 0 Å². The molecular formula is C25H27NO4. The van der Waals surface area contributed by atoms with Crippen LogP contribution in [0.25, 0.3) is 0 Å². The minimum absolute atomic E-state index is 0.309. The van der Waals surface area contributed by atoms with Gasteiger partial charge in [0, 0.05) is 18.7 Å². The highest BCUT2D eigenvalue weighted by Gasteiger charge is 2.08. The fourth-order valence-electron chi connectivity index (χ4n) is 3.01. The molecule has 5 nitrogen and oxygen atoms in total. The van der Waals surface area contributed by atoms with E-state index in [-0.39, 0.29) is 5.97 Å². The van der Waals surface area contributed by atoms with Gasteiger partial charge in [0.05, 0.1) is 25.9 Å². The number of esters is 1. The summed E-state index contributed by atoms with van der Waals surface area (Å²) in [4.78, 5) is 11.7. The molecule has 1 N–H and O–H groups in total. The van der Waals surface area contributed by atoms with Crippen LogP contribution in [0.2, 0.25) is 0 Å². The lowest BCUT2D eigenvalue weighted by atomic mass is 10.1. The Morgan fingerprint density at radius 1 is 0.900 bits per heavy atom. The largest absolute Gasteiger partial charge is 0.493 e. The minimum atomic E-state index is -0.309. The van der Waals surface area contributed by atoms with Gasteiger partial charge >= 0.3 is 5.97 Å². The molecule has 3 aromatic rings. The number of nitrogens with one attached hydrogen (secondary N) is 1. The fourth-order valence-corrected chi connectivity index (χ4v) is 3.01. The molecule has 30 heavy (non-hydrogen) atoms. The van der Waals surface area contributed by atoms with Crippen molar-refractivity contribution in [1.29, 1.82) is 0 Å². The topological polar surface area (TPSA) is 56.8 Å². The number of hydrogen-bond donors (Lipinski definition) is 1. The Balaban J connectivity index is 1.54. The third-order valence-corrected chi connectivity index (χ3v) is 4.61. The highest BCUT2D eigenvalue weighted by atomic mass is 16.5. The molecule has 0 atom stereocenters. The first kappa shape index (κ1) is 21.2. The van der Waals surface area contributed by atoms with Crippen molar-refractivity contribution in [3.05, 3.63) is 89.5 Å². The van der Waals surface area contributed by atoms with E-state index < -0.39 is 0 Å². The second kappa shape index (κ2) is 10.9. The highest BCUT2D eigenvalue weighted by molar-refractivity contribution is 5.89. The second-order valence-electron chi connectivity index (χ2n) is 6.72. The average Bonchev–Trinajstić information content (AvgIpc) is 2.79. The van der Waals surface area contributed by atoms with Gasteiger partial charge in [-0.25, -0.2) is 4.79 Å². The van der Waals surface area contributed by atoms with Crippen LogP contribution in [-0.4, -0.2) is 26.3 Å². The molecule has 0 aromatic heterocycles. The number of carbonyl (C=O) groups is 1. The predicted molar refractivity (Wildman–Crippen MR) is 118 cm³/mol. The zero-order valence-corrected chi connectivity index (χ0v) is 17.4. The average molecular weight is 405 g/mol. The highest BCUT2D eigenvalue weighted by Crippen LogP contribution is 2.28. The monoisotopic (exact) mass is 405 g/mol. The smallest absolute Gasteiger partial charge is 0.338 e. The van der Waals surface area contributed by atoms with Gasteiger partial charge in [-0.15, -0.1) is 0 Å². The van der Waals surface area contributed by atoms with Crippen LogP contribution >= 0.6 is 0 Å². The van der Waals surface area contributed by atoms with Crippen LogP contribution in [-0.2, 0) is 17.7 Å². The second-order valence-corrected chi connectivity index (χ2v) is 6.72. The summed E-state index contributed by atoms with van der Waals surface area (Å²) in [5.41, 5.74) is 3.77. The lowest BCUT2D eigenvalue weighted by Gasteiger charge is -2.13. The molecule has 0 amide bonds. The van der Waals surface area contributed by atoms with Crippen molar-refractivity contribution in [3.8, 4) is 11.5 Å². The van der Waals surface area contributed by atoms with Crippen LogP contribution in [0, 0.1) is 0 Å². The molecule has 3 rings (SSSR count). The molecule has 0 saturated heterocycles. The van der Waals surface area contributed by atoms with E-state index in [1.165, 1.54) is 5.56 Å². The Hall–Kier alpha value is -3.47. The lowest BCUT2D eigenvalue weighted by Crippen LogP contribution is -2.05. The summed E-state index contributed by atoms with van der Waals surface area (Å²) in [5.74, 6) is 1.13. The summed E-state index contributed by atoms with van der Waals surface area (Å²) in [6.07, 6.45) is 0.842. The van der Waals surface area contributed by atoms with Crippen molar-refractivity contribution in [3.63, 3.8) is 0 Å². The Morgan fingerprint density at radius 3 is 2.37 bits per heavy atom. The molecule has 156 valence electrons. The van der Waals surface area contributed by atoms with Gasteiger partial charge < -0.3 is 19.5 Å². The van der Waals surface area contributed by atoms with Gasteiger partial charge in [-0.2, -0.15) is 0 Å². The number of methoxy groups -OCH3 is 1. The van der Waals surface area contributed by atoms with Crippen LogP contribution < -0.4 is 14.8 Å². The van der Waals surface area contributed by atoms with Gasteiger partial charge in [-0.05, 0) is 54.4 Å². The quantitative estimate of drug-likeness (QED) is 0.475. The summed E-state index contributed by atoms with van der Waals surface area (Å²) in [5, 5.41) is 3.35. The Morgan fingerprint density at radius 2 is 1.67 bits per heavy atom. The summed E-state index contributed by atoms with van der Waals surface area (Å²) in [6.45, 7) is 3.37. The molecule has 0 radical (unpaired) electrons. The number of hydrogen-bond acceptors (Lipinski definition) is 5. The first-order chi connectivity index (χ1) is 14.7. The minimum Gasteiger partial charge on any atom is -0.493 e. The van der Waals surface area contributed by atoms with Gasteiger partial charge in [0.2, 0.25) is 0 Å². The predicted octanol–water partition coefficient (Wildman–Crippen LogP) is 5.11. The Bertz CT molecular complexity index is 939. The van der Waals surface area contributed by atoms with Crippen LogP contribution in [0.4, 0.5) is 5.69 Å². The first-order valence-electron chi connectivity index (χ1n) is 10.0. The summed E-state index contributed by atoms with van der Waals surface area (Å²) in [6, 6.07) is 23.4. The Kier molecular flexibility index (Phi) is 7.72. The molecule has 0 spiro atoms. The van der Waals surface area contributed by atoms with Gasteiger partial charge in [-0.3, -0.25) is 0 Å². The van der Waals surface area contributed by atoms with Crippen molar-refractivity contribution in [2.45, 2.75) is 19.9 Å². The number of carbonyl (C=O) groups excluding carboxylic acids is 1. The van der Waals surface area contributed by atoms with Crippen molar-refractivity contribution >= 4 is 11.7 Å². The zero-order valence-electron chi connectivity index (χ0n) is 17.4. The number of anilines is 1. The number of ether oxygens (including phenoxy) is 3. The number of benzene rings is 3. The van der Waals surface area contributed by atoms with Gasteiger partial charge in [-0.1, -0.05) is 36.4 Å². The van der Waals surface area contributed by atoms with E-state index in [4.69, 9.17) is 14.2 Å². The molecule has 0 unspecified atom stereocenters. The van der Waals surface area contributed by atoms with Crippen LogP contribution in [0.3, 0.4) is 0 Å². The van der Waals surface area contributed by atoms with E-state index in [1.807, 2.05) is 48.5 Å². The standard InChI is InChI=1S/C25H27NO4/c1-3-29-25(27)21-10-12-22(13-11-21)26-18-20-9-14-23(24(17-20)28-2)30-16-15-19-7-5-4-6-8-19/h4-14,17,26H,3,15-16,18H2,1-2H3. The van der Waals surface area contributed by atoms with Crippen molar-refractivity contribution in [2.75, 3.05) is 25.6 Å². The summed E-state index contributed by atoms with van der Waals surface area (Å²) < 4.78 is 16.4. The SMILES string of the molecule is CCOC(=O)c1ccc(NCc2ccc(OCCc3ccccc3)c(OC)c2)cc1. The van der Waals surface area contributed by atoms with Crippen molar-refractivity contribution in [2.24, 2.45) is 0 Å². The lowest BCUT2D eigenvalue weighted by molar-refractivity contribution is 0.0526. The van der Waals surface area contributed by atoms with E-state index in [9.17, 15) is 4.79 Å². The third-order valence-electron chi connectivity index (χ3n) is 4.61.